The van der Waals surface area contributed by atoms with Crippen LogP contribution in [0.4, 0.5) is 23.0 Å². The molecule has 3 aromatic rings. The Kier molecular flexibility index (Phi) is 4.70. The van der Waals surface area contributed by atoms with Crippen LogP contribution in [-0.2, 0) is 0 Å². The van der Waals surface area contributed by atoms with Gasteiger partial charge in [-0.15, -0.1) is 0 Å². The van der Waals surface area contributed by atoms with Crippen LogP contribution in [0, 0.1) is 34.6 Å². The fraction of sp³-hybridized carbons (Fsp3) is 0.238. The fourth-order valence-electron chi connectivity index (χ4n) is 2.63. The molecule has 0 unspecified atom stereocenters. The van der Waals surface area contributed by atoms with Gasteiger partial charge in [0.25, 0.3) is 0 Å². The second-order valence-electron chi connectivity index (χ2n) is 6.53. The molecule has 3 rings (SSSR count). The van der Waals surface area contributed by atoms with Gasteiger partial charge in [-0.05, 0) is 81.1 Å². The molecule has 2 aromatic carbocycles. The molecular weight excluding hydrogens is 308 g/mol. The fourth-order valence-corrected chi connectivity index (χ4v) is 2.63. The second-order valence-corrected chi connectivity index (χ2v) is 6.53. The van der Waals surface area contributed by atoms with Gasteiger partial charge >= 0.3 is 0 Å². The van der Waals surface area contributed by atoms with Gasteiger partial charge in [-0.25, -0.2) is 9.97 Å². The van der Waals surface area contributed by atoms with Crippen molar-refractivity contribution in [2.45, 2.75) is 34.6 Å². The molecule has 1 heterocycles. The summed E-state index contributed by atoms with van der Waals surface area (Å²) in [6.45, 7) is 10.3. The number of anilines is 4. The summed E-state index contributed by atoms with van der Waals surface area (Å²) in [5.74, 6) is 2.28. The molecule has 0 spiro atoms. The highest BCUT2D eigenvalue weighted by Gasteiger charge is 2.05. The molecule has 0 fully saturated rings. The summed E-state index contributed by atoms with van der Waals surface area (Å²) in [4.78, 5) is 8.98. The first-order chi connectivity index (χ1) is 11.9. The molecule has 0 aliphatic rings. The number of rotatable bonds is 4. The molecule has 0 aliphatic carbocycles. The standard InChI is InChI=1S/C21H24N4/c1-13-6-8-18(10-15(13)3)24-20-12-21(23-17(5)22-20)25-19-9-7-14(2)16(4)11-19/h6-12H,1-5H3,(H2,22,23,24,25). The Labute approximate surface area is 149 Å². The van der Waals surface area contributed by atoms with E-state index in [1.165, 1.54) is 22.3 Å². The Morgan fingerprint density at radius 2 is 1.00 bits per heavy atom. The number of hydrogen-bond acceptors (Lipinski definition) is 4. The van der Waals surface area contributed by atoms with Crippen LogP contribution in [0.25, 0.3) is 0 Å². The van der Waals surface area contributed by atoms with E-state index in [4.69, 9.17) is 0 Å². The SMILES string of the molecule is Cc1nc(Nc2ccc(C)c(C)c2)cc(Nc2ccc(C)c(C)c2)n1. The maximum absolute atomic E-state index is 4.49. The molecule has 0 amide bonds. The number of benzene rings is 2. The van der Waals surface area contributed by atoms with Crippen LogP contribution < -0.4 is 10.6 Å². The predicted octanol–water partition coefficient (Wildman–Crippen LogP) is 5.51. The van der Waals surface area contributed by atoms with Crippen LogP contribution in [-0.4, -0.2) is 9.97 Å². The van der Waals surface area contributed by atoms with Gasteiger partial charge in [-0.2, -0.15) is 0 Å². The number of nitrogens with one attached hydrogen (secondary N) is 2. The minimum absolute atomic E-state index is 0.722. The third kappa shape index (κ3) is 4.15. The summed E-state index contributed by atoms with van der Waals surface area (Å²) in [6, 6.07) is 14.5. The normalized spacial score (nSPS) is 10.6. The monoisotopic (exact) mass is 332 g/mol. The minimum Gasteiger partial charge on any atom is -0.340 e. The smallest absolute Gasteiger partial charge is 0.136 e. The van der Waals surface area contributed by atoms with Crippen molar-refractivity contribution in [2.75, 3.05) is 10.6 Å². The summed E-state index contributed by atoms with van der Waals surface area (Å²) >= 11 is 0. The van der Waals surface area contributed by atoms with Gasteiger partial charge in [0.2, 0.25) is 0 Å². The molecular formula is C21H24N4. The van der Waals surface area contributed by atoms with Gasteiger partial charge in [0.15, 0.2) is 0 Å². The van der Waals surface area contributed by atoms with Gasteiger partial charge in [0.1, 0.15) is 17.5 Å². The van der Waals surface area contributed by atoms with Crippen molar-refractivity contribution in [3.8, 4) is 0 Å². The molecule has 2 N–H and O–H groups in total. The van der Waals surface area contributed by atoms with Crippen LogP contribution in [0.5, 0.6) is 0 Å². The number of hydrogen-bond donors (Lipinski definition) is 2. The average Bonchev–Trinajstić information content (AvgIpc) is 2.54. The molecule has 25 heavy (non-hydrogen) atoms. The Morgan fingerprint density at radius 1 is 0.560 bits per heavy atom. The van der Waals surface area contributed by atoms with Crippen molar-refractivity contribution >= 4 is 23.0 Å². The van der Waals surface area contributed by atoms with E-state index in [-0.39, 0.29) is 0 Å². The van der Waals surface area contributed by atoms with Gasteiger partial charge in [-0.3, -0.25) is 0 Å². The van der Waals surface area contributed by atoms with E-state index in [1.54, 1.807) is 0 Å². The second kappa shape index (κ2) is 6.93. The Balaban J connectivity index is 1.84. The summed E-state index contributed by atoms with van der Waals surface area (Å²) < 4.78 is 0. The largest absolute Gasteiger partial charge is 0.340 e. The van der Waals surface area contributed by atoms with Crippen LogP contribution in [0.1, 0.15) is 28.1 Å². The Hall–Kier alpha value is -2.88. The lowest BCUT2D eigenvalue weighted by Crippen LogP contribution is -2.02. The summed E-state index contributed by atoms with van der Waals surface area (Å²) in [5, 5.41) is 6.74. The molecule has 0 atom stereocenters. The van der Waals surface area contributed by atoms with Crippen molar-refractivity contribution in [1.29, 1.82) is 0 Å². The molecule has 4 nitrogen and oxygen atoms in total. The maximum Gasteiger partial charge on any atom is 0.136 e. The highest BCUT2D eigenvalue weighted by atomic mass is 15.1. The highest BCUT2D eigenvalue weighted by molar-refractivity contribution is 5.64. The summed E-state index contributed by atoms with van der Waals surface area (Å²) in [6.07, 6.45) is 0. The van der Waals surface area contributed by atoms with E-state index in [9.17, 15) is 0 Å². The number of nitrogens with zero attached hydrogens (tertiary/aromatic N) is 2. The van der Waals surface area contributed by atoms with Crippen LogP contribution in [0.3, 0.4) is 0 Å². The topological polar surface area (TPSA) is 49.8 Å². The van der Waals surface area contributed by atoms with Crippen molar-refractivity contribution < 1.29 is 0 Å². The van der Waals surface area contributed by atoms with Crippen LogP contribution in [0.2, 0.25) is 0 Å². The van der Waals surface area contributed by atoms with Crippen molar-refractivity contribution in [3.05, 3.63) is 70.5 Å². The Bertz CT molecular complexity index is 844. The predicted molar refractivity (Wildman–Crippen MR) is 105 cm³/mol. The van der Waals surface area contributed by atoms with Crippen LogP contribution in [0.15, 0.2) is 42.5 Å². The van der Waals surface area contributed by atoms with Crippen molar-refractivity contribution in [3.63, 3.8) is 0 Å². The quantitative estimate of drug-likeness (QED) is 0.662. The molecule has 0 saturated carbocycles. The highest BCUT2D eigenvalue weighted by Crippen LogP contribution is 2.23. The zero-order chi connectivity index (χ0) is 18.0. The van der Waals surface area contributed by atoms with Gasteiger partial charge in [0.05, 0.1) is 0 Å². The lowest BCUT2D eigenvalue weighted by Gasteiger charge is -2.12. The molecule has 0 aliphatic heterocycles. The van der Waals surface area contributed by atoms with E-state index in [0.29, 0.717) is 0 Å². The zero-order valence-corrected chi connectivity index (χ0v) is 15.4. The molecule has 4 heteroatoms. The van der Waals surface area contributed by atoms with Gasteiger partial charge in [0, 0.05) is 17.4 Å². The summed E-state index contributed by atoms with van der Waals surface area (Å²) in [7, 11) is 0. The number of aryl methyl sites for hydroxylation is 5. The number of aromatic nitrogens is 2. The third-order valence-electron chi connectivity index (χ3n) is 4.40. The van der Waals surface area contributed by atoms with E-state index >= 15 is 0 Å². The Morgan fingerprint density at radius 3 is 1.40 bits per heavy atom. The lowest BCUT2D eigenvalue weighted by molar-refractivity contribution is 1.06. The molecule has 128 valence electrons. The lowest BCUT2D eigenvalue weighted by atomic mass is 10.1. The van der Waals surface area contributed by atoms with E-state index < -0.39 is 0 Å². The van der Waals surface area contributed by atoms with E-state index in [0.717, 1.165) is 28.8 Å². The molecule has 0 saturated heterocycles. The maximum atomic E-state index is 4.49. The zero-order valence-electron chi connectivity index (χ0n) is 15.4. The van der Waals surface area contributed by atoms with Crippen LogP contribution >= 0.6 is 0 Å². The first-order valence-corrected chi connectivity index (χ1v) is 8.45. The summed E-state index contributed by atoms with van der Waals surface area (Å²) in [5.41, 5.74) is 7.12. The average molecular weight is 332 g/mol. The van der Waals surface area contributed by atoms with Gasteiger partial charge in [-0.1, -0.05) is 12.1 Å². The van der Waals surface area contributed by atoms with E-state index in [2.05, 4.69) is 84.7 Å². The van der Waals surface area contributed by atoms with Gasteiger partial charge < -0.3 is 10.6 Å². The first-order valence-electron chi connectivity index (χ1n) is 8.45. The van der Waals surface area contributed by atoms with Crippen molar-refractivity contribution in [2.24, 2.45) is 0 Å². The first kappa shape index (κ1) is 17.0. The third-order valence-corrected chi connectivity index (χ3v) is 4.40. The minimum atomic E-state index is 0.722. The molecule has 1 aromatic heterocycles. The molecule has 0 bridgehead atoms. The van der Waals surface area contributed by atoms with E-state index in [1.807, 2.05) is 13.0 Å². The van der Waals surface area contributed by atoms with Crippen molar-refractivity contribution in [1.82, 2.24) is 9.97 Å². The molecule has 0 radical (unpaired) electrons.